The predicted molar refractivity (Wildman–Crippen MR) is 66.4 cm³/mol. The van der Waals surface area contributed by atoms with E-state index in [2.05, 4.69) is 33.1 Å². The van der Waals surface area contributed by atoms with Gasteiger partial charge in [-0.05, 0) is 47.0 Å². The third-order valence-electron chi connectivity index (χ3n) is 3.54. The van der Waals surface area contributed by atoms with Crippen LogP contribution in [0.1, 0.15) is 12.5 Å². The zero-order valence-electron chi connectivity index (χ0n) is 9.13. The highest BCUT2D eigenvalue weighted by Gasteiger charge is 2.35. The lowest BCUT2D eigenvalue weighted by molar-refractivity contribution is 0.429. The number of anilines is 1. The summed E-state index contributed by atoms with van der Waals surface area (Å²) in [7, 11) is 0. The van der Waals surface area contributed by atoms with Crippen molar-refractivity contribution in [3.05, 3.63) is 28.0 Å². The highest BCUT2D eigenvalue weighted by molar-refractivity contribution is 9.10. The fraction of sp³-hybridized carbons (Fsp3) is 0.500. The molecule has 2 nitrogen and oxygen atoms in total. The van der Waals surface area contributed by atoms with E-state index in [1.54, 1.807) is 6.07 Å². The van der Waals surface area contributed by atoms with Gasteiger partial charge < -0.3 is 10.2 Å². The van der Waals surface area contributed by atoms with Crippen LogP contribution in [0.5, 0.6) is 0 Å². The van der Waals surface area contributed by atoms with Gasteiger partial charge >= 0.3 is 0 Å². The molecular weight excluding hydrogens is 271 g/mol. The van der Waals surface area contributed by atoms with Gasteiger partial charge in [-0.2, -0.15) is 0 Å². The van der Waals surface area contributed by atoms with Crippen LogP contribution in [-0.4, -0.2) is 25.2 Å². The van der Waals surface area contributed by atoms with E-state index in [0.717, 1.165) is 25.2 Å². The first-order chi connectivity index (χ1) is 7.66. The quantitative estimate of drug-likeness (QED) is 0.787. The molecular formula is C12H14BrFN2. The van der Waals surface area contributed by atoms with Crippen molar-refractivity contribution >= 4 is 21.6 Å². The normalized spacial score (nSPS) is 27.8. The summed E-state index contributed by atoms with van der Waals surface area (Å²) in [5.41, 5.74) is 2.34. The molecule has 0 aliphatic carbocycles. The van der Waals surface area contributed by atoms with Gasteiger partial charge in [0.15, 0.2) is 0 Å². The minimum atomic E-state index is -0.162. The molecule has 0 unspecified atom stereocenters. The Morgan fingerprint density at radius 1 is 1.44 bits per heavy atom. The second-order valence-corrected chi connectivity index (χ2v) is 5.52. The zero-order chi connectivity index (χ0) is 11.3. The summed E-state index contributed by atoms with van der Waals surface area (Å²) < 4.78 is 14.1. The lowest BCUT2D eigenvalue weighted by Crippen LogP contribution is -2.54. The van der Waals surface area contributed by atoms with E-state index < -0.39 is 0 Å². The molecule has 1 fully saturated rings. The maximum Gasteiger partial charge on any atom is 0.139 e. The van der Waals surface area contributed by atoms with Crippen molar-refractivity contribution in [2.45, 2.75) is 25.4 Å². The maximum atomic E-state index is 13.6. The highest BCUT2D eigenvalue weighted by atomic mass is 79.9. The van der Waals surface area contributed by atoms with Crippen LogP contribution in [0.3, 0.4) is 0 Å². The summed E-state index contributed by atoms with van der Waals surface area (Å²) in [4.78, 5) is 2.36. The molecule has 0 radical (unpaired) electrons. The fourth-order valence-electron chi connectivity index (χ4n) is 2.86. The number of rotatable bonds is 0. The Morgan fingerprint density at radius 2 is 2.25 bits per heavy atom. The molecule has 1 aromatic rings. The van der Waals surface area contributed by atoms with Gasteiger partial charge in [0.2, 0.25) is 0 Å². The molecule has 1 aromatic carbocycles. The number of halogens is 2. The number of nitrogens with one attached hydrogen (secondary N) is 1. The van der Waals surface area contributed by atoms with Gasteiger partial charge in [0.05, 0.1) is 4.47 Å². The number of benzene rings is 1. The molecule has 4 heteroatoms. The van der Waals surface area contributed by atoms with Gasteiger partial charge in [-0.3, -0.25) is 0 Å². The van der Waals surface area contributed by atoms with Gasteiger partial charge in [-0.25, -0.2) is 4.39 Å². The molecule has 0 amide bonds. The van der Waals surface area contributed by atoms with Crippen LogP contribution in [0.15, 0.2) is 16.6 Å². The van der Waals surface area contributed by atoms with Crippen LogP contribution in [0, 0.1) is 5.82 Å². The average molecular weight is 285 g/mol. The highest BCUT2D eigenvalue weighted by Crippen LogP contribution is 2.37. The minimum Gasteiger partial charge on any atom is -0.363 e. The first kappa shape index (κ1) is 10.5. The van der Waals surface area contributed by atoms with Crippen molar-refractivity contribution in [3.8, 4) is 0 Å². The van der Waals surface area contributed by atoms with Gasteiger partial charge in [-0.1, -0.05) is 0 Å². The third-order valence-corrected chi connectivity index (χ3v) is 4.15. The number of hydrogen-bond acceptors (Lipinski definition) is 2. The van der Waals surface area contributed by atoms with Crippen molar-refractivity contribution in [2.24, 2.45) is 0 Å². The van der Waals surface area contributed by atoms with E-state index in [1.807, 2.05) is 6.07 Å². The van der Waals surface area contributed by atoms with Crippen LogP contribution in [0.2, 0.25) is 0 Å². The standard InChI is InChI=1S/C12H14BrFN2/c1-7-5-15-6-9-2-8-3-10(13)11(14)4-12(8)16(7)9/h3-4,7,9,15H,2,5-6H2,1H3/t7-,9-/m1/s1. The lowest BCUT2D eigenvalue weighted by atomic mass is 10.1. The van der Waals surface area contributed by atoms with E-state index in [4.69, 9.17) is 0 Å². The van der Waals surface area contributed by atoms with Crippen LogP contribution in [0.25, 0.3) is 0 Å². The first-order valence-corrected chi connectivity index (χ1v) is 6.43. The molecule has 0 saturated carbocycles. The minimum absolute atomic E-state index is 0.162. The van der Waals surface area contributed by atoms with E-state index in [0.29, 0.717) is 16.6 Å². The van der Waals surface area contributed by atoms with Gasteiger partial charge in [0, 0.05) is 30.9 Å². The molecule has 1 saturated heterocycles. The Labute approximate surface area is 103 Å². The fourth-order valence-corrected chi connectivity index (χ4v) is 3.25. The summed E-state index contributed by atoms with van der Waals surface area (Å²) in [6.07, 6.45) is 1.02. The first-order valence-electron chi connectivity index (χ1n) is 5.64. The van der Waals surface area contributed by atoms with Crippen molar-refractivity contribution in [2.75, 3.05) is 18.0 Å². The number of nitrogens with zero attached hydrogens (tertiary/aromatic N) is 1. The lowest BCUT2D eigenvalue weighted by Gasteiger charge is -2.38. The van der Waals surface area contributed by atoms with Crippen molar-refractivity contribution in [1.82, 2.24) is 5.32 Å². The van der Waals surface area contributed by atoms with E-state index in [9.17, 15) is 4.39 Å². The molecule has 1 N–H and O–H groups in total. The number of fused-ring (bicyclic) bond motifs is 3. The van der Waals surface area contributed by atoms with Crippen molar-refractivity contribution in [1.29, 1.82) is 0 Å². The summed E-state index contributed by atoms with van der Waals surface area (Å²) in [6.45, 7) is 4.17. The van der Waals surface area contributed by atoms with Crippen molar-refractivity contribution in [3.63, 3.8) is 0 Å². The van der Waals surface area contributed by atoms with Gasteiger partial charge in [0.25, 0.3) is 0 Å². The third kappa shape index (κ3) is 1.47. The maximum absolute atomic E-state index is 13.6. The van der Waals surface area contributed by atoms with Crippen LogP contribution in [-0.2, 0) is 6.42 Å². The predicted octanol–water partition coefficient (Wildman–Crippen LogP) is 2.31. The number of piperazine rings is 1. The van der Waals surface area contributed by atoms with E-state index in [1.165, 1.54) is 5.56 Å². The van der Waals surface area contributed by atoms with Gasteiger partial charge in [0.1, 0.15) is 5.82 Å². The van der Waals surface area contributed by atoms with Gasteiger partial charge in [-0.15, -0.1) is 0 Å². The summed E-state index contributed by atoms with van der Waals surface area (Å²) in [5.74, 6) is -0.162. The number of hydrogen-bond donors (Lipinski definition) is 1. The monoisotopic (exact) mass is 284 g/mol. The Balaban J connectivity index is 2.06. The molecule has 0 bridgehead atoms. The summed E-state index contributed by atoms with van der Waals surface area (Å²) in [5, 5.41) is 3.42. The average Bonchev–Trinajstić information content (AvgIpc) is 2.58. The van der Waals surface area contributed by atoms with Crippen LogP contribution < -0.4 is 10.2 Å². The summed E-state index contributed by atoms with van der Waals surface area (Å²) >= 11 is 3.25. The second-order valence-electron chi connectivity index (χ2n) is 4.67. The molecule has 0 spiro atoms. The van der Waals surface area contributed by atoms with E-state index >= 15 is 0 Å². The second kappa shape index (κ2) is 3.70. The molecule has 3 rings (SSSR count). The Hall–Kier alpha value is -0.610. The summed E-state index contributed by atoms with van der Waals surface area (Å²) in [6, 6.07) is 4.53. The smallest absolute Gasteiger partial charge is 0.139 e. The largest absolute Gasteiger partial charge is 0.363 e. The topological polar surface area (TPSA) is 15.3 Å². The zero-order valence-corrected chi connectivity index (χ0v) is 10.7. The Kier molecular flexibility index (Phi) is 2.44. The van der Waals surface area contributed by atoms with E-state index in [-0.39, 0.29) is 5.82 Å². The molecule has 16 heavy (non-hydrogen) atoms. The molecule has 2 heterocycles. The Morgan fingerprint density at radius 3 is 3.06 bits per heavy atom. The van der Waals surface area contributed by atoms with Crippen LogP contribution >= 0.6 is 15.9 Å². The molecule has 2 atom stereocenters. The molecule has 2 aliphatic rings. The molecule has 86 valence electrons. The molecule has 2 aliphatic heterocycles. The molecule has 0 aromatic heterocycles. The van der Waals surface area contributed by atoms with Crippen molar-refractivity contribution < 1.29 is 4.39 Å². The van der Waals surface area contributed by atoms with Crippen LogP contribution in [0.4, 0.5) is 10.1 Å². The SMILES string of the molecule is C[C@@H]1CNC[C@H]2Cc3cc(Br)c(F)cc3N21. The Bertz CT molecular complexity index is 435.